The molecule has 0 aliphatic carbocycles. The first-order chi connectivity index (χ1) is 28.4. The van der Waals surface area contributed by atoms with Gasteiger partial charge in [-0.15, -0.1) is 0 Å². The molecule has 13 nitrogen and oxygen atoms in total. The van der Waals surface area contributed by atoms with E-state index in [1.54, 1.807) is 18.0 Å². The summed E-state index contributed by atoms with van der Waals surface area (Å²) in [4.78, 5) is 62.2. The zero-order valence-corrected chi connectivity index (χ0v) is 34.2. The van der Waals surface area contributed by atoms with E-state index in [2.05, 4.69) is 27.7 Å². The van der Waals surface area contributed by atoms with Crippen LogP contribution in [0.4, 0.5) is 10.5 Å². The van der Waals surface area contributed by atoms with Gasteiger partial charge < -0.3 is 36.0 Å². The number of carbonyl (C=O) groups excluding carboxylic acids is 4. The predicted octanol–water partition coefficient (Wildman–Crippen LogP) is 4.95. The van der Waals surface area contributed by atoms with Crippen molar-refractivity contribution in [2.24, 2.45) is 11.7 Å². The second-order valence-electron chi connectivity index (χ2n) is 15.9. The van der Waals surface area contributed by atoms with Gasteiger partial charge in [0.2, 0.25) is 17.7 Å². The van der Waals surface area contributed by atoms with Gasteiger partial charge in [0.1, 0.15) is 19.3 Å². The average molecular weight is 804 g/mol. The molecule has 4 aromatic carbocycles. The van der Waals surface area contributed by atoms with Gasteiger partial charge in [-0.3, -0.25) is 24.2 Å². The Hall–Kier alpha value is -5.76. The van der Waals surface area contributed by atoms with E-state index in [9.17, 15) is 24.3 Å². The highest BCUT2D eigenvalue weighted by molar-refractivity contribution is 5.96. The first-order valence-electron chi connectivity index (χ1n) is 20.5. The Bertz CT molecular complexity index is 2060. The second-order valence-corrected chi connectivity index (χ2v) is 15.9. The summed E-state index contributed by atoms with van der Waals surface area (Å²) < 4.78 is 5.56. The Morgan fingerprint density at radius 3 is 2.12 bits per heavy atom. The number of anilines is 1. The lowest BCUT2D eigenvalue weighted by molar-refractivity contribution is -0.136. The topological polar surface area (TPSA) is 161 Å². The molecule has 0 spiro atoms. The van der Waals surface area contributed by atoms with Crippen LogP contribution >= 0.6 is 0 Å². The zero-order chi connectivity index (χ0) is 41.9. The monoisotopic (exact) mass is 803 g/mol. The van der Waals surface area contributed by atoms with Crippen LogP contribution in [0, 0.1) is 5.92 Å². The van der Waals surface area contributed by atoms with Gasteiger partial charge in [-0.05, 0) is 41.8 Å². The molecule has 1 saturated heterocycles. The number of piperazine rings is 1. The molecule has 0 radical (unpaired) electrons. The molecule has 4 amide bonds. The summed E-state index contributed by atoms with van der Waals surface area (Å²) in [5.41, 5.74) is 9.43. The molecule has 2 aliphatic heterocycles. The number of nitrogens with two attached hydrogens (primary N) is 1. The largest absolute Gasteiger partial charge is 0.445 e. The number of benzene rings is 4. The van der Waals surface area contributed by atoms with Crippen molar-refractivity contribution in [3.8, 4) is 0 Å². The second kappa shape index (κ2) is 20.3. The molecule has 1 fully saturated rings. The van der Waals surface area contributed by atoms with E-state index in [1.807, 2.05) is 110 Å². The van der Waals surface area contributed by atoms with Crippen LogP contribution in [-0.4, -0.2) is 101 Å². The van der Waals surface area contributed by atoms with Crippen molar-refractivity contribution in [1.29, 1.82) is 0 Å². The Balaban J connectivity index is 1.20. The van der Waals surface area contributed by atoms with Crippen LogP contribution < -0.4 is 21.3 Å². The Morgan fingerprint density at radius 2 is 1.44 bits per heavy atom. The lowest BCUT2D eigenvalue weighted by Gasteiger charge is -2.36. The van der Waals surface area contributed by atoms with Crippen molar-refractivity contribution in [2.75, 3.05) is 37.7 Å². The number of amides is 4. The summed E-state index contributed by atoms with van der Waals surface area (Å²) in [7, 11) is 0. The Kier molecular flexibility index (Phi) is 14.7. The van der Waals surface area contributed by atoms with Gasteiger partial charge in [0.05, 0.1) is 30.3 Å². The SMILES string of the molecule is CC(C)C[C@H](NC(=O)[C@H](CC1=CN(C(=O)[C@H](C)N)CN1c1cccc2ccccc12)NC(=O)OCc1ccccc1)[C@@H](O)CC(=O)N1CCN(Cc2ccccc2)CC1. The van der Waals surface area contributed by atoms with Crippen LogP contribution in [0.15, 0.2) is 115 Å². The lowest BCUT2D eigenvalue weighted by atomic mass is 9.96. The van der Waals surface area contributed by atoms with Gasteiger partial charge in [-0.1, -0.05) is 111 Å². The summed E-state index contributed by atoms with van der Waals surface area (Å²) in [5, 5.41) is 19.3. The molecule has 2 aliphatic rings. The summed E-state index contributed by atoms with van der Waals surface area (Å²) in [5.74, 6) is -0.987. The molecule has 0 saturated carbocycles. The number of hydrogen-bond acceptors (Lipinski definition) is 9. The van der Waals surface area contributed by atoms with Crippen LogP contribution in [0.25, 0.3) is 10.8 Å². The molecule has 4 atom stereocenters. The maximum atomic E-state index is 14.5. The maximum absolute atomic E-state index is 14.5. The van der Waals surface area contributed by atoms with Gasteiger partial charge >= 0.3 is 6.09 Å². The molecular formula is C46H57N7O6. The third-order valence-corrected chi connectivity index (χ3v) is 10.8. The number of ether oxygens (including phenoxy) is 1. The Labute approximate surface area is 346 Å². The normalized spacial score (nSPS) is 16.6. The molecular weight excluding hydrogens is 747 g/mol. The molecule has 6 rings (SSSR count). The fraction of sp³-hybridized carbons (Fsp3) is 0.391. The highest BCUT2D eigenvalue weighted by Crippen LogP contribution is 2.34. The highest BCUT2D eigenvalue weighted by Gasteiger charge is 2.35. The average Bonchev–Trinajstić information content (AvgIpc) is 3.66. The van der Waals surface area contributed by atoms with E-state index in [-0.39, 0.29) is 43.8 Å². The smallest absolute Gasteiger partial charge is 0.408 e. The minimum absolute atomic E-state index is 0.0141. The van der Waals surface area contributed by atoms with Crippen molar-refractivity contribution in [2.45, 2.75) is 77.4 Å². The van der Waals surface area contributed by atoms with Crippen molar-refractivity contribution < 1.29 is 29.0 Å². The van der Waals surface area contributed by atoms with Crippen LogP contribution in [-0.2, 0) is 32.3 Å². The minimum Gasteiger partial charge on any atom is -0.445 e. The van der Waals surface area contributed by atoms with Crippen LogP contribution in [0.1, 0.15) is 51.2 Å². The third kappa shape index (κ3) is 11.7. The van der Waals surface area contributed by atoms with Crippen molar-refractivity contribution in [3.63, 3.8) is 0 Å². The van der Waals surface area contributed by atoms with Gasteiger partial charge in [0.25, 0.3) is 0 Å². The zero-order valence-electron chi connectivity index (χ0n) is 34.2. The summed E-state index contributed by atoms with van der Waals surface area (Å²) >= 11 is 0. The molecule has 2 heterocycles. The number of hydrogen-bond donors (Lipinski definition) is 4. The summed E-state index contributed by atoms with van der Waals surface area (Å²) in [6, 6.07) is 30.4. The maximum Gasteiger partial charge on any atom is 0.408 e. The fourth-order valence-corrected chi connectivity index (χ4v) is 7.64. The van der Waals surface area contributed by atoms with Crippen molar-refractivity contribution >= 4 is 40.3 Å². The third-order valence-electron chi connectivity index (χ3n) is 10.8. The molecule has 0 bridgehead atoms. The Morgan fingerprint density at radius 1 is 0.797 bits per heavy atom. The molecule has 312 valence electrons. The predicted molar refractivity (Wildman–Crippen MR) is 228 cm³/mol. The van der Waals surface area contributed by atoms with E-state index in [4.69, 9.17) is 10.5 Å². The van der Waals surface area contributed by atoms with Crippen molar-refractivity contribution in [1.82, 2.24) is 25.3 Å². The standard InChI is InChI=1S/C46H57N7O6/c1-32(2)25-39(42(54)27-43(55)51-23-21-50(22-24-51)28-34-13-6-4-7-14-34)48-44(56)40(49-46(58)59-30-35-15-8-5-9-16-35)26-37-29-52(45(57)33(3)47)31-53(37)41-20-12-18-36-17-10-11-19-38(36)41/h4-20,29,32-33,39-40,42,54H,21-28,30-31,47H2,1-3H3,(H,48,56)(H,49,58)/t33-,39-,40-,42-/m0/s1. The van der Waals surface area contributed by atoms with E-state index in [1.165, 1.54) is 10.5 Å². The number of carbonyl (C=O) groups is 4. The van der Waals surface area contributed by atoms with Gasteiger partial charge in [-0.2, -0.15) is 0 Å². The summed E-state index contributed by atoms with van der Waals surface area (Å²) in [6.07, 6.45) is -0.132. The minimum atomic E-state index is -1.19. The van der Waals surface area contributed by atoms with Crippen molar-refractivity contribution in [3.05, 3.63) is 126 Å². The van der Waals surface area contributed by atoms with E-state index in [0.717, 1.165) is 41.7 Å². The molecule has 4 aromatic rings. The lowest BCUT2D eigenvalue weighted by Crippen LogP contribution is -2.54. The number of rotatable bonds is 16. The van der Waals surface area contributed by atoms with Gasteiger partial charge in [0, 0.05) is 56.4 Å². The number of aliphatic hydroxyl groups is 1. The van der Waals surface area contributed by atoms with Gasteiger partial charge in [-0.25, -0.2) is 4.79 Å². The van der Waals surface area contributed by atoms with Crippen LogP contribution in [0.2, 0.25) is 0 Å². The molecule has 0 aromatic heterocycles. The molecule has 59 heavy (non-hydrogen) atoms. The molecule has 5 N–H and O–H groups in total. The molecule has 0 unspecified atom stereocenters. The number of nitrogens with one attached hydrogen (secondary N) is 2. The first-order valence-corrected chi connectivity index (χ1v) is 20.5. The number of alkyl carbamates (subject to hydrolysis) is 1. The first kappa shape index (κ1) is 42.8. The number of fused-ring (bicyclic) bond motifs is 1. The van der Waals surface area contributed by atoms with Crippen LogP contribution in [0.3, 0.4) is 0 Å². The van der Waals surface area contributed by atoms with E-state index in [0.29, 0.717) is 25.2 Å². The highest BCUT2D eigenvalue weighted by atomic mass is 16.5. The summed E-state index contributed by atoms with van der Waals surface area (Å²) in [6.45, 7) is 9.03. The quantitative estimate of drug-likeness (QED) is 0.123. The van der Waals surface area contributed by atoms with Crippen LogP contribution in [0.5, 0.6) is 0 Å². The van der Waals surface area contributed by atoms with Gasteiger partial charge in [0.15, 0.2) is 0 Å². The number of aliphatic hydroxyl groups excluding tert-OH is 1. The van der Waals surface area contributed by atoms with E-state index >= 15 is 0 Å². The molecule has 13 heteroatoms. The van der Waals surface area contributed by atoms with E-state index < -0.39 is 36.2 Å². The number of nitrogens with zero attached hydrogens (tertiary/aromatic N) is 4. The fourth-order valence-electron chi connectivity index (χ4n) is 7.64.